The predicted molar refractivity (Wildman–Crippen MR) is 111 cm³/mol. The van der Waals surface area contributed by atoms with Gasteiger partial charge in [-0.25, -0.2) is 4.98 Å². The molecule has 0 aliphatic carbocycles. The summed E-state index contributed by atoms with van der Waals surface area (Å²) in [5.41, 5.74) is 2.28. The number of hydrogen-bond donors (Lipinski definition) is 0. The summed E-state index contributed by atoms with van der Waals surface area (Å²) in [6.45, 7) is 3.11. The molecule has 1 aliphatic rings. The highest BCUT2D eigenvalue weighted by Gasteiger charge is 2.25. The quantitative estimate of drug-likeness (QED) is 0.669. The van der Waals surface area contributed by atoms with Crippen LogP contribution in [0.4, 0.5) is 0 Å². The van der Waals surface area contributed by atoms with Crippen LogP contribution in [-0.2, 0) is 11.3 Å². The summed E-state index contributed by atoms with van der Waals surface area (Å²) in [5.74, 6) is 0.716. The van der Waals surface area contributed by atoms with Crippen molar-refractivity contribution in [3.63, 3.8) is 0 Å². The van der Waals surface area contributed by atoms with Crippen molar-refractivity contribution in [1.29, 1.82) is 0 Å². The molecule has 2 heterocycles. The van der Waals surface area contributed by atoms with Crippen molar-refractivity contribution in [2.24, 2.45) is 0 Å². The van der Waals surface area contributed by atoms with E-state index in [2.05, 4.69) is 35.2 Å². The smallest absolute Gasteiger partial charge is 0.236 e. The number of hydrogen-bond acceptors (Lipinski definition) is 4. The lowest BCUT2D eigenvalue weighted by atomic mass is 9.97. The average molecular weight is 380 g/mol. The van der Waals surface area contributed by atoms with E-state index in [1.54, 1.807) is 0 Å². The van der Waals surface area contributed by atoms with Crippen molar-refractivity contribution in [2.45, 2.75) is 25.3 Å². The standard InChI is InChI=1S/C22H25N3OS/c1-24(15-17-7-3-2-4-8-17)21(26)16-25-13-11-18(12-14-25)22-23-19-9-5-6-10-20(19)27-22/h2-10,18H,11-16H2,1H3. The third kappa shape index (κ3) is 4.37. The topological polar surface area (TPSA) is 36.4 Å². The van der Waals surface area contributed by atoms with Gasteiger partial charge in [-0.1, -0.05) is 42.5 Å². The number of thiazole rings is 1. The second-order valence-electron chi connectivity index (χ2n) is 7.31. The number of para-hydroxylation sites is 1. The fraction of sp³-hybridized carbons (Fsp3) is 0.364. The molecule has 0 saturated carbocycles. The number of likely N-dealkylation sites (N-methyl/N-ethyl adjacent to an activating group) is 1. The summed E-state index contributed by atoms with van der Waals surface area (Å²) in [6.07, 6.45) is 2.16. The Labute approximate surface area is 164 Å². The van der Waals surface area contributed by atoms with Gasteiger partial charge >= 0.3 is 0 Å². The molecule has 3 aromatic rings. The molecule has 1 aliphatic heterocycles. The summed E-state index contributed by atoms with van der Waals surface area (Å²) in [5, 5.41) is 1.25. The lowest BCUT2D eigenvalue weighted by molar-refractivity contribution is -0.131. The first-order valence-electron chi connectivity index (χ1n) is 9.55. The van der Waals surface area contributed by atoms with Crippen molar-refractivity contribution in [1.82, 2.24) is 14.8 Å². The molecule has 1 saturated heterocycles. The highest BCUT2D eigenvalue weighted by molar-refractivity contribution is 7.18. The second kappa shape index (κ2) is 8.19. The number of amides is 1. The van der Waals surface area contributed by atoms with Crippen LogP contribution < -0.4 is 0 Å². The Hall–Kier alpha value is -2.24. The first-order chi connectivity index (χ1) is 13.2. The molecule has 2 aromatic carbocycles. The van der Waals surface area contributed by atoms with Gasteiger partial charge in [0.2, 0.25) is 5.91 Å². The minimum Gasteiger partial charge on any atom is -0.340 e. The summed E-state index contributed by atoms with van der Waals surface area (Å²) in [6, 6.07) is 18.5. The fourth-order valence-corrected chi connectivity index (χ4v) is 4.80. The van der Waals surface area contributed by atoms with E-state index in [-0.39, 0.29) is 5.91 Å². The van der Waals surface area contributed by atoms with E-state index < -0.39 is 0 Å². The number of nitrogens with zero attached hydrogens (tertiary/aromatic N) is 3. The van der Waals surface area contributed by atoms with Crippen LogP contribution in [0.1, 0.15) is 29.3 Å². The Bertz CT molecular complexity index is 867. The highest BCUT2D eigenvalue weighted by atomic mass is 32.1. The van der Waals surface area contributed by atoms with Gasteiger partial charge in [0.05, 0.1) is 21.8 Å². The van der Waals surface area contributed by atoms with Gasteiger partial charge in [0.25, 0.3) is 0 Å². The molecule has 0 unspecified atom stereocenters. The zero-order valence-electron chi connectivity index (χ0n) is 15.7. The van der Waals surface area contributed by atoms with Crippen molar-refractivity contribution in [3.05, 3.63) is 65.2 Å². The van der Waals surface area contributed by atoms with Crippen LogP contribution >= 0.6 is 11.3 Å². The van der Waals surface area contributed by atoms with Crippen LogP contribution in [0.3, 0.4) is 0 Å². The maximum absolute atomic E-state index is 12.6. The lowest BCUT2D eigenvalue weighted by Crippen LogP contribution is -2.41. The number of carbonyl (C=O) groups is 1. The molecule has 1 fully saturated rings. The monoisotopic (exact) mass is 379 g/mol. The molecule has 0 bridgehead atoms. The summed E-state index contributed by atoms with van der Waals surface area (Å²) in [4.78, 5) is 21.5. The van der Waals surface area contributed by atoms with Crippen LogP contribution in [0, 0.1) is 0 Å². The highest BCUT2D eigenvalue weighted by Crippen LogP contribution is 2.33. The Balaban J connectivity index is 1.29. The maximum Gasteiger partial charge on any atom is 0.236 e. The Morgan fingerprint density at radius 2 is 1.81 bits per heavy atom. The van der Waals surface area contributed by atoms with Crippen LogP contribution in [0.5, 0.6) is 0 Å². The Kier molecular flexibility index (Phi) is 5.50. The van der Waals surface area contributed by atoms with Crippen LogP contribution in [0.25, 0.3) is 10.2 Å². The van der Waals surface area contributed by atoms with Crippen molar-refractivity contribution >= 4 is 27.5 Å². The van der Waals surface area contributed by atoms with Gasteiger partial charge < -0.3 is 4.90 Å². The van der Waals surface area contributed by atoms with Gasteiger partial charge in [-0.15, -0.1) is 11.3 Å². The normalized spacial score (nSPS) is 15.9. The van der Waals surface area contributed by atoms with Crippen LogP contribution in [0.15, 0.2) is 54.6 Å². The molecular formula is C22H25N3OS. The number of benzene rings is 2. The Morgan fingerprint density at radius 3 is 2.56 bits per heavy atom. The van der Waals surface area contributed by atoms with E-state index >= 15 is 0 Å². The number of piperidine rings is 1. The maximum atomic E-state index is 12.6. The predicted octanol–water partition coefficient (Wildman–Crippen LogP) is 4.13. The third-order valence-corrected chi connectivity index (χ3v) is 6.49. The van der Waals surface area contributed by atoms with E-state index in [9.17, 15) is 4.79 Å². The van der Waals surface area contributed by atoms with Crippen molar-refractivity contribution in [2.75, 3.05) is 26.7 Å². The van der Waals surface area contributed by atoms with Gasteiger partial charge in [0.15, 0.2) is 0 Å². The molecule has 0 spiro atoms. The van der Waals surface area contributed by atoms with Gasteiger partial charge in [0, 0.05) is 19.5 Å². The lowest BCUT2D eigenvalue weighted by Gasteiger charge is -2.31. The minimum absolute atomic E-state index is 0.192. The molecule has 4 nitrogen and oxygen atoms in total. The van der Waals surface area contributed by atoms with E-state index in [1.807, 2.05) is 47.5 Å². The van der Waals surface area contributed by atoms with E-state index in [1.165, 1.54) is 15.3 Å². The number of fused-ring (bicyclic) bond motifs is 1. The first-order valence-corrected chi connectivity index (χ1v) is 10.4. The summed E-state index contributed by atoms with van der Waals surface area (Å²) in [7, 11) is 1.89. The molecule has 0 N–H and O–H groups in total. The first kappa shape index (κ1) is 18.1. The fourth-order valence-electron chi connectivity index (χ4n) is 3.66. The van der Waals surface area contributed by atoms with E-state index in [0.717, 1.165) is 31.4 Å². The molecule has 1 amide bonds. The van der Waals surface area contributed by atoms with Crippen LogP contribution in [0.2, 0.25) is 0 Å². The molecule has 5 heteroatoms. The van der Waals surface area contributed by atoms with Gasteiger partial charge in [0.1, 0.15) is 0 Å². The largest absolute Gasteiger partial charge is 0.340 e. The third-order valence-electron chi connectivity index (χ3n) is 5.29. The zero-order chi connectivity index (χ0) is 18.6. The van der Waals surface area contributed by atoms with Gasteiger partial charge in [-0.3, -0.25) is 9.69 Å². The zero-order valence-corrected chi connectivity index (χ0v) is 16.5. The number of likely N-dealkylation sites (tertiary alicyclic amines) is 1. The Morgan fingerprint density at radius 1 is 1.11 bits per heavy atom. The van der Waals surface area contributed by atoms with E-state index in [0.29, 0.717) is 19.0 Å². The SMILES string of the molecule is CN(Cc1ccccc1)C(=O)CN1CCC(c2nc3ccccc3s2)CC1. The molecule has 140 valence electrons. The van der Waals surface area contributed by atoms with Crippen LogP contribution in [-0.4, -0.2) is 47.4 Å². The van der Waals surface area contributed by atoms with Gasteiger partial charge in [-0.05, 0) is 43.6 Å². The molecular weight excluding hydrogens is 354 g/mol. The molecule has 0 atom stereocenters. The molecule has 27 heavy (non-hydrogen) atoms. The molecule has 1 aromatic heterocycles. The average Bonchev–Trinajstić information content (AvgIpc) is 3.13. The summed E-state index contributed by atoms with van der Waals surface area (Å²) < 4.78 is 1.27. The number of aromatic nitrogens is 1. The number of rotatable bonds is 5. The van der Waals surface area contributed by atoms with Gasteiger partial charge in [-0.2, -0.15) is 0 Å². The van der Waals surface area contributed by atoms with Crippen molar-refractivity contribution in [3.8, 4) is 0 Å². The second-order valence-corrected chi connectivity index (χ2v) is 8.37. The summed E-state index contributed by atoms with van der Waals surface area (Å²) >= 11 is 1.82. The van der Waals surface area contributed by atoms with Crippen molar-refractivity contribution < 1.29 is 4.79 Å². The van der Waals surface area contributed by atoms with E-state index in [4.69, 9.17) is 4.98 Å². The molecule has 4 rings (SSSR count). The number of carbonyl (C=O) groups excluding carboxylic acids is 1. The molecule has 0 radical (unpaired) electrons. The minimum atomic E-state index is 0.192.